The van der Waals surface area contributed by atoms with Crippen molar-refractivity contribution in [3.63, 3.8) is 0 Å². The third-order valence-electron chi connectivity index (χ3n) is 3.41. The van der Waals surface area contributed by atoms with Gasteiger partial charge in [0, 0.05) is 12.6 Å². The molecular weight excluding hydrogens is 369 g/mol. The number of hydrogen-bond donors (Lipinski definition) is 3. The topological polar surface area (TPSA) is 87.3 Å². The number of carbonyl (C=O) groups is 1. The van der Waals surface area contributed by atoms with E-state index in [0.717, 1.165) is 24.3 Å². The van der Waals surface area contributed by atoms with E-state index in [1.54, 1.807) is 0 Å². The van der Waals surface area contributed by atoms with Gasteiger partial charge in [0.05, 0.1) is 10.9 Å². The Hall–Kier alpha value is -0.380. The van der Waals surface area contributed by atoms with E-state index in [2.05, 4.69) is 22.3 Å². The molecule has 1 aromatic heterocycles. The van der Waals surface area contributed by atoms with Crippen LogP contribution in [0.15, 0.2) is 16.3 Å². The summed E-state index contributed by atoms with van der Waals surface area (Å²) in [7, 11) is -3.68. The molecule has 126 valence electrons. The van der Waals surface area contributed by atoms with Gasteiger partial charge in [0.25, 0.3) is 10.0 Å². The second kappa shape index (κ2) is 8.47. The molecule has 10 heteroatoms. The van der Waals surface area contributed by atoms with Gasteiger partial charge in [0.15, 0.2) is 0 Å². The molecule has 0 bridgehead atoms. The van der Waals surface area contributed by atoms with Crippen LogP contribution in [0, 0.1) is 5.92 Å². The van der Waals surface area contributed by atoms with E-state index in [1.807, 2.05) is 0 Å². The van der Waals surface area contributed by atoms with Crippen LogP contribution in [-0.2, 0) is 14.8 Å². The van der Waals surface area contributed by atoms with Crippen molar-refractivity contribution < 1.29 is 13.2 Å². The molecule has 0 radical (unpaired) electrons. The molecule has 6 nitrogen and oxygen atoms in total. The normalized spacial score (nSPS) is 21.9. The number of nitrogens with one attached hydrogen (secondary N) is 3. The van der Waals surface area contributed by atoms with Crippen LogP contribution in [0.2, 0.25) is 4.34 Å². The Bertz CT molecular complexity index is 607. The lowest BCUT2D eigenvalue weighted by Gasteiger charge is -2.30. The van der Waals surface area contributed by atoms with E-state index in [1.165, 1.54) is 12.1 Å². The molecule has 1 aliphatic heterocycles. The summed E-state index contributed by atoms with van der Waals surface area (Å²) in [6.45, 7) is 3.45. The smallest absolute Gasteiger partial charge is 0.250 e. The van der Waals surface area contributed by atoms with Crippen LogP contribution in [0.1, 0.15) is 13.3 Å². The summed E-state index contributed by atoms with van der Waals surface area (Å²) >= 11 is 6.67. The lowest BCUT2D eigenvalue weighted by atomic mass is 9.95. The number of rotatable bonds is 5. The van der Waals surface area contributed by atoms with Crippen LogP contribution in [0.4, 0.5) is 0 Å². The molecule has 0 spiro atoms. The van der Waals surface area contributed by atoms with Gasteiger partial charge in [-0.05, 0) is 31.0 Å². The first-order chi connectivity index (χ1) is 9.88. The standard InChI is InChI=1S/C12H18ClN3O3S2.ClH/c1-8-4-5-14-6-9(8)16-11(17)7-15-21(18,19)12-3-2-10(13)20-12;/h2-3,8-9,14-15H,4-7H2,1H3,(H,16,17);1H. The predicted molar refractivity (Wildman–Crippen MR) is 90.3 cm³/mol. The van der Waals surface area contributed by atoms with Gasteiger partial charge in [0.2, 0.25) is 5.91 Å². The zero-order valence-electron chi connectivity index (χ0n) is 12.0. The van der Waals surface area contributed by atoms with Crippen molar-refractivity contribution in [2.45, 2.75) is 23.6 Å². The molecule has 0 aliphatic carbocycles. The Labute approximate surface area is 145 Å². The molecule has 2 rings (SSSR count). The van der Waals surface area contributed by atoms with Gasteiger partial charge in [-0.2, -0.15) is 0 Å². The lowest BCUT2D eigenvalue weighted by Crippen LogP contribution is -2.52. The van der Waals surface area contributed by atoms with Crippen LogP contribution < -0.4 is 15.4 Å². The molecule has 3 N–H and O–H groups in total. The molecular formula is C12H19Cl2N3O3S2. The van der Waals surface area contributed by atoms with E-state index >= 15 is 0 Å². The summed E-state index contributed by atoms with van der Waals surface area (Å²) in [5.41, 5.74) is 0. The van der Waals surface area contributed by atoms with E-state index in [4.69, 9.17) is 11.6 Å². The zero-order valence-corrected chi connectivity index (χ0v) is 15.2. The van der Waals surface area contributed by atoms with Crippen LogP contribution in [0.5, 0.6) is 0 Å². The van der Waals surface area contributed by atoms with Gasteiger partial charge in [-0.15, -0.1) is 23.7 Å². The molecule has 0 saturated carbocycles. The zero-order chi connectivity index (χ0) is 15.5. The number of sulfonamides is 1. The van der Waals surface area contributed by atoms with Gasteiger partial charge < -0.3 is 10.6 Å². The first kappa shape index (κ1) is 19.7. The fourth-order valence-corrected chi connectivity index (χ4v) is 4.62. The largest absolute Gasteiger partial charge is 0.351 e. The third kappa shape index (κ3) is 5.36. The van der Waals surface area contributed by atoms with Crippen LogP contribution >= 0.6 is 35.3 Å². The summed E-state index contributed by atoms with van der Waals surface area (Å²) in [6, 6.07) is 2.96. The average molecular weight is 388 g/mol. The first-order valence-corrected chi connectivity index (χ1v) is 9.31. The van der Waals surface area contributed by atoms with E-state index < -0.39 is 10.0 Å². The van der Waals surface area contributed by atoms with Crippen molar-refractivity contribution >= 4 is 51.3 Å². The first-order valence-electron chi connectivity index (χ1n) is 6.63. The molecule has 1 aromatic rings. The maximum atomic E-state index is 12.0. The summed E-state index contributed by atoms with van der Waals surface area (Å²) < 4.78 is 26.7. The molecule has 0 aromatic carbocycles. The highest BCUT2D eigenvalue weighted by molar-refractivity contribution is 7.91. The van der Waals surface area contributed by atoms with Crippen LogP contribution in [0.3, 0.4) is 0 Å². The van der Waals surface area contributed by atoms with Crippen molar-refractivity contribution in [3.8, 4) is 0 Å². The van der Waals surface area contributed by atoms with Crippen LogP contribution in [0.25, 0.3) is 0 Å². The van der Waals surface area contributed by atoms with Gasteiger partial charge >= 0.3 is 0 Å². The van der Waals surface area contributed by atoms with E-state index in [9.17, 15) is 13.2 Å². The minimum absolute atomic E-state index is 0. The van der Waals surface area contributed by atoms with Gasteiger partial charge in [-0.3, -0.25) is 4.79 Å². The molecule has 2 atom stereocenters. The van der Waals surface area contributed by atoms with Gasteiger partial charge in [-0.1, -0.05) is 18.5 Å². The quantitative estimate of drug-likeness (QED) is 0.708. The van der Waals surface area contributed by atoms with E-state index in [-0.39, 0.29) is 35.1 Å². The minimum Gasteiger partial charge on any atom is -0.351 e. The van der Waals surface area contributed by atoms with Crippen molar-refractivity contribution in [2.75, 3.05) is 19.6 Å². The molecule has 1 amide bonds. The van der Waals surface area contributed by atoms with Crippen molar-refractivity contribution in [3.05, 3.63) is 16.5 Å². The van der Waals surface area contributed by atoms with Gasteiger partial charge in [-0.25, -0.2) is 13.1 Å². The maximum Gasteiger partial charge on any atom is 0.250 e. The number of thiophene rings is 1. The Morgan fingerprint density at radius 2 is 2.23 bits per heavy atom. The highest BCUT2D eigenvalue weighted by atomic mass is 35.5. The molecule has 1 fully saturated rings. The summed E-state index contributed by atoms with van der Waals surface area (Å²) in [6.07, 6.45) is 0.990. The lowest BCUT2D eigenvalue weighted by molar-refractivity contribution is -0.121. The number of amides is 1. The fourth-order valence-electron chi connectivity index (χ4n) is 2.11. The molecule has 2 unspecified atom stereocenters. The van der Waals surface area contributed by atoms with Crippen molar-refractivity contribution in [2.24, 2.45) is 5.92 Å². The Kier molecular flexibility index (Phi) is 7.57. The van der Waals surface area contributed by atoms with Crippen molar-refractivity contribution in [1.82, 2.24) is 15.4 Å². The number of hydrogen-bond acceptors (Lipinski definition) is 5. The number of halogens is 2. The predicted octanol–water partition coefficient (Wildman–Crippen LogP) is 1.22. The Morgan fingerprint density at radius 1 is 1.50 bits per heavy atom. The minimum atomic E-state index is -3.68. The Morgan fingerprint density at radius 3 is 2.82 bits per heavy atom. The molecule has 1 saturated heterocycles. The highest BCUT2D eigenvalue weighted by Crippen LogP contribution is 2.25. The molecule has 22 heavy (non-hydrogen) atoms. The molecule has 1 aliphatic rings. The van der Waals surface area contributed by atoms with Crippen LogP contribution in [-0.4, -0.2) is 40.0 Å². The maximum absolute atomic E-state index is 12.0. The third-order valence-corrected chi connectivity index (χ3v) is 6.53. The monoisotopic (exact) mass is 387 g/mol. The highest BCUT2D eigenvalue weighted by Gasteiger charge is 2.23. The Balaban J connectivity index is 0.00000242. The number of piperidine rings is 1. The summed E-state index contributed by atoms with van der Waals surface area (Å²) in [4.78, 5) is 11.9. The second-order valence-corrected chi connectivity index (χ2v) is 8.74. The van der Waals surface area contributed by atoms with Gasteiger partial charge in [0.1, 0.15) is 4.21 Å². The van der Waals surface area contributed by atoms with Crippen molar-refractivity contribution in [1.29, 1.82) is 0 Å². The second-order valence-electron chi connectivity index (χ2n) is 5.03. The fraction of sp³-hybridized carbons (Fsp3) is 0.583. The summed E-state index contributed by atoms with van der Waals surface area (Å²) in [5, 5.41) is 6.05. The number of carbonyl (C=O) groups excluding carboxylic acids is 1. The SMILES string of the molecule is CC1CCNCC1NC(=O)CNS(=O)(=O)c1ccc(Cl)s1.Cl. The average Bonchev–Trinajstić information content (AvgIpc) is 2.87. The molecule has 2 heterocycles. The summed E-state index contributed by atoms with van der Waals surface area (Å²) in [5.74, 6) is 0.0460. The van der Waals surface area contributed by atoms with E-state index in [0.29, 0.717) is 16.8 Å².